The summed E-state index contributed by atoms with van der Waals surface area (Å²) in [5.74, 6) is 0. The average Bonchev–Trinajstić information content (AvgIpc) is 2.69. The third-order valence-electron chi connectivity index (χ3n) is 3.80. The van der Waals surface area contributed by atoms with Gasteiger partial charge in [0, 0.05) is 0 Å². The lowest BCUT2D eigenvalue weighted by Crippen LogP contribution is -2.52. The molecule has 0 spiro atoms. The van der Waals surface area contributed by atoms with Crippen LogP contribution < -0.4 is 0 Å². The first-order valence-corrected chi connectivity index (χ1v) is 8.43. The van der Waals surface area contributed by atoms with Crippen LogP contribution in [0.4, 0.5) is 79.0 Å². The van der Waals surface area contributed by atoms with E-state index in [9.17, 15) is 79.0 Å². The van der Waals surface area contributed by atoms with Crippen molar-refractivity contribution in [2.24, 2.45) is 5.41 Å². The van der Waals surface area contributed by atoms with Crippen LogP contribution in [0, 0.1) is 5.41 Å². The van der Waals surface area contributed by atoms with Crippen molar-refractivity contribution in [1.82, 2.24) is 0 Å². The second-order valence-electron chi connectivity index (χ2n) is 6.92. The molecule has 0 aromatic heterocycles. The summed E-state index contributed by atoms with van der Waals surface area (Å²) in [5, 5.41) is 9.14. The monoisotopic (exact) mass is 586 g/mol. The van der Waals surface area contributed by atoms with Crippen LogP contribution >= 0.6 is 0 Å². The Kier molecular flexibility index (Phi) is 10.7. The molecule has 1 N–H and O–H groups in total. The quantitative estimate of drug-likeness (QED) is 0.290. The minimum absolute atomic E-state index is 2.27. The highest BCUT2D eigenvalue weighted by atomic mass is 19.4. The summed E-state index contributed by atoms with van der Waals surface area (Å²) in [5.41, 5.74) is -3.71. The fraction of sp³-hybridized carbons (Fsp3) is 1.00. The van der Waals surface area contributed by atoms with Gasteiger partial charge in [-0.25, -0.2) is 13.2 Å². The molecule has 0 heterocycles. The molecule has 0 rings (SSSR count). The zero-order valence-electron chi connectivity index (χ0n) is 16.5. The molecule has 0 radical (unpaired) electrons. The SMILES string of the molecule is OCC(COC(F)(F)C(F)C(F)(F)F)(COC(F)(F)C(F)C(F)(F)F)COC(F)(F)C(F)C(F)(F)F. The lowest BCUT2D eigenvalue weighted by atomic mass is 9.92. The van der Waals surface area contributed by atoms with Gasteiger partial charge >= 0.3 is 36.9 Å². The average molecular weight is 586 g/mol. The van der Waals surface area contributed by atoms with Crippen molar-refractivity contribution in [1.29, 1.82) is 0 Å². The normalized spacial score (nSPS) is 19.1. The van der Waals surface area contributed by atoms with E-state index in [0.29, 0.717) is 0 Å². The molecule has 0 aromatic rings. The minimum atomic E-state index is -6.40. The van der Waals surface area contributed by atoms with Crippen LogP contribution in [0.3, 0.4) is 0 Å². The predicted octanol–water partition coefficient (Wildman–Crippen LogP) is 5.49. The van der Waals surface area contributed by atoms with Gasteiger partial charge < -0.3 is 19.3 Å². The molecule has 3 unspecified atom stereocenters. The maximum absolute atomic E-state index is 13.3. The maximum Gasteiger partial charge on any atom is 0.428 e. The summed E-state index contributed by atoms with van der Waals surface area (Å²) in [6, 6.07) is 0. The van der Waals surface area contributed by atoms with E-state index in [2.05, 4.69) is 14.2 Å². The Bertz CT molecular complexity index is 598. The van der Waals surface area contributed by atoms with Crippen molar-refractivity contribution in [3.63, 3.8) is 0 Å². The van der Waals surface area contributed by atoms with Gasteiger partial charge in [0.1, 0.15) is 0 Å². The molecule has 0 aromatic carbocycles. The first kappa shape index (κ1) is 34.6. The highest BCUT2D eigenvalue weighted by molar-refractivity contribution is 4.85. The maximum atomic E-state index is 13.3. The number of rotatable bonds is 13. The fourth-order valence-corrected chi connectivity index (χ4v) is 1.80. The van der Waals surface area contributed by atoms with E-state index in [1.165, 1.54) is 0 Å². The van der Waals surface area contributed by atoms with Gasteiger partial charge in [-0.3, -0.25) is 0 Å². The third kappa shape index (κ3) is 9.47. The van der Waals surface area contributed by atoms with Gasteiger partial charge in [-0.1, -0.05) is 0 Å². The Morgan fingerprint density at radius 1 is 0.444 bits per heavy atom. The molecule has 0 aliphatic carbocycles. The highest BCUT2D eigenvalue weighted by Crippen LogP contribution is 2.41. The zero-order chi connectivity index (χ0) is 29.2. The largest absolute Gasteiger partial charge is 0.428 e. The molecule has 0 aliphatic heterocycles. The van der Waals surface area contributed by atoms with E-state index in [-0.39, 0.29) is 0 Å². The molecule has 22 heteroatoms. The summed E-state index contributed by atoms with van der Waals surface area (Å²) in [4.78, 5) is 0. The Balaban J connectivity index is 6.04. The number of hydrogen-bond donors (Lipinski definition) is 1. The van der Waals surface area contributed by atoms with Crippen molar-refractivity contribution in [2.75, 3.05) is 26.4 Å². The summed E-state index contributed by atoms with van der Waals surface area (Å²) < 4.78 is 237. The van der Waals surface area contributed by atoms with Gasteiger partial charge in [0.25, 0.3) is 18.5 Å². The number of ether oxygens (including phenoxy) is 3. The second-order valence-corrected chi connectivity index (χ2v) is 6.92. The summed E-state index contributed by atoms with van der Waals surface area (Å²) in [7, 11) is 0. The summed E-state index contributed by atoms with van der Waals surface area (Å²) in [6.07, 6.45) is -53.0. The molecule has 0 aliphatic rings. The molecular weight excluding hydrogens is 574 g/mol. The smallest absolute Gasteiger partial charge is 0.396 e. The van der Waals surface area contributed by atoms with E-state index >= 15 is 0 Å². The second kappa shape index (κ2) is 11.1. The Morgan fingerprint density at radius 3 is 0.778 bits per heavy atom. The zero-order valence-corrected chi connectivity index (χ0v) is 16.5. The molecule has 0 bridgehead atoms. The number of alkyl halides is 18. The summed E-state index contributed by atoms with van der Waals surface area (Å²) >= 11 is 0. The van der Waals surface area contributed by atoms with Crippen LogP contribution in [0.1, 0.15) is 0 Å². The topological polar surface area (TPSA) is 47.9 Å². The molecule has 218 valence electrons. The van der Waals surface area contributed by atoms with Crippen molar-refractivity contribution < 1.29 is 98.3 Å². The lowest BCUT2D eigenvalue weighted by molar-refractivity contribution is -0.369. The standard InChI is InChI=1S/C14H12F18O4/c15-5(9(18,19)20)12(27,28)34-2-8(1-33,3-35-13(29,30)6(16)10(21,22)23)4-36-14(31,32)7(17)11(24,25)26/h5-7,33H,1-4H2. The molecule has 0 amide bonds. The van der Waals surface area contributed by atoms with Crippen LogP contribution in [-0.4, -0.2) is 86.9 Å². The Hall–Kier alpha value is -1.42. The van der Waals surface area contributed by atoms with Crippen LogP contribution in [0.15, 0.2) is 0 Å². The molecule has 0 fully saturated rings. The van der Waals surface area contributed by atoms with E-state index < -0.39 is 87.2 Å². The number of aliphatic hydroxyl groups excluding tert-OH is 1. The lowest BCUT2D eigenvalue weighted by Gasteiger charge is -2.36. The van der Waals surface area contributed by atoms with Gasteiger partial charge in [-0.2, -0.15) is 65.9 Å². The van der Waals surface area contributed by atoms with E-state index in [1.807, 2.05) is 0 Å². The van der Waals surface area contributed by atoms with Gasteiger partial charge in [-0.15, -0.1) is 0 Å². The van der Waals surface area contributed by atoms with E-state index in [0.717, 1.165) is 0 Å². The molecule has 0 saturated heterocycles. The number of aliphatic hydroxyl groups is 1. The number of hydrogen-bond acceptors (Lipinski definition) is 4. The van der Waals surface area contributed by atoms with Crippen molar-refractivity contribution in [3.8, 4) is 0 Å². The number of halogens is 18. The first-order chi connectivity index (χ1) is 15.6. The van der Waals surface area contributed by atoms with Gasteiger partial charge in [-0.05, 0) is 0 Å². The van der Waals surface area contributed by atoms with E-state index in [4.69, 9.17) is 5.11 Å². The molecule has 36 heavy (non-hydrogen) atoms. The minimum Gasteiger partial charge on any atom is -0.396 e. The van der Waals surface area contributed by atoms with Gasteiger partial charge in [0.05, 0.1) is 31.8 Å². The van der Waals surface area contributed by atoms with Crippen molar-refractivity contribution >= 4 is 0 Å². The first-order valence-electron chi connectivity index (χ1n) is 8.43. The molecular formula is C14H12F18O4. The third-order valence-corrected chi connectivity index (χ3v) is 3.80. The fourth-order valence-electron chi connectivity index (χ4n) is 1.80. The summed E-state index contributed by atoms with van der Waals surface area (Å²) in [6.45, 7) is -10.1. The predicted molar refractivity (Wildman–Crippen MR) is 75.1 cm³/mol. The van der Waals surface area contributed by atoms with Gasteiger partial charge in [0.15, 0.2) is 0 Å². The van der Waals surface area contributed by atoms with Crippen LogP contribution in [-0.2, 0) is 14.2 Å². The van der Waals surface area contributed by atoms with E-state index in [1.54, 1.807) is 0 Å². The Labute approximate surface area is 187 Å². The van der Waals surface area contributed by atoms with Crippen LogP contribution in [0.25, 0.3) is 0 Å². The van der Waals surface area contributed by atoms with Crippen molar-refractivity contribution in [2.45, 2.75) is 55.4 Å². The Morgan fingerprint density at radius 2 is 0.639 bits per heavy atom. The highest BCUT2D eigenvalue weighted by Gasteiger charge is 2.62. The molecule has 4 nitrogen and oxygen atoms in total. The van der Waals surface area contributed by atoms with Crippen LogP contribution in [0.5, 0.6) is 0 Å². The van der Waals surface area contributed by atoms with Crippen LogP contribution in [0.2, 0.25) is 0 Å². The van der Waals surface area contributed by atoms with Gasteiger partial charge in [0.2, 0.25) is 0 Å². The molecule has 0 saturated carbocycles. The molecule has 3 atom stereocenters. The van der Waals surface area contributed by atoms with Crippen molar-refractivity contribution in [3.05, 3.63) is 0 Å².